The lowest BCUT2D eigenvalue weighted by atomic mass is 9.92. The average Bonchev–Trinajstić information content (AvgIpc) is 3.36. The second-order valence-electron chi connectivity index (χ2n) is 9.36. The van der Waals surface area contributed by atoms with Crippen molar-refractivity contribution in [2.45, 2.75) is 44.7 Å². The number of nitrogens with zero attached hydrogens (tertiary/aromatic N) is 3. The van der Waals surface area contributed by atoms with Gasteiger partial charge in [0.25, 0.3) is 5.91 Å². The maximum absolute atomic E-state index is 13.3. The summed E-state index contributed by atoms with van der Waals surface area (Å²) in [5.74, 6) is -0.471. The van der Waals surface area contributed by atoms with Gasteiger partial charge in [0.2, 0.25) is 11.9 Å². The minimum absolute atomic E-state index is 0.336. The summed E-state index contributed by atoms with van der Waals surface area (Å²) in [6, 6.07) is 14.7. The molecule has 1 aromatic heterocycles. The Hall–Kier alpha value is -3.68. The molecule has 1 spiro atoms. The molecule has 8 heteroatoms. The number of carbonyl (C=O) groups is 3. The smallest absolute Gasteiger partial charge is 0.319 e. The van der Waals surface area contributed by atoms with Gasteiger partial charge in [-0.25, -0.2) is 9.78 Å². The number of hydrogen-bond donors (Lipinski definition) is 2. The van der Waals surface area contributed by atoms with Crippen molar-refractivity contribution < 1.29 is 14.4 Å². The Balaban J connectivity index is 1.40. The van der Waals surface area contributed by atoms with Gasteiger partial charge in [0, 0.05) is 5.54 Å². The summed E-state index contributed by atoms with van der Waals surface area (Å²) in [6.45, 7) is 5.70. The van der Waals surface area contributed by atoms with Gasteiger partial charge in [0.1, 0.15) is 12.1 Å². The molecular weight excluding hydrogens is 406 g/mol. The lowest BCUT2D eigenvalue weighted by molar-refractivity contribution is -0.134. The maximum Gasteiger partial charge on any atom is 0.325 e. The van der Waals surface area contributed by atoms with Gasteiger partial charge < -0.3 is 9.88 Å². The zero-order valence-electron chi connectivity index (χ0n) is 18.3. The van der Waals surface area contributed by atoms with Crippen LogP contribution in [0.5, 0.6) is 0 Å². The van der Waals surface area contributed by atoms with Crippen molar-refractivity contribution in [2.24, 2.45) is 0 Å². The molecule has 164 valence electrons. The predicted octanol–water partition coefficient (Wildman–Crippen LogP) is 3.12. The summed E-state index contributed by atoms with van der Waals surface area (Å²) in [5.41, 5.74) is 2.10. The third-order valence-corrected chi connectivity index (χ3v) is 6.21. The fourth-order valence-corrected chi connectivity index (χ4v) is 4.83. The molecule has 0 radical (unpaired) electrons. The summed E-state index contributed by atoms with van der Waals surface area (Å²) in [5, 5.41) is 5.66. The number of carbonyl (C=O) groups excluding carboxylic acids is 3. The van der Waals surface area contributed by atoms with E-state index in [1.807, 2.05) is 73.9 Å². The van der Waals surface area contributed by atoms with Gasteiger partial charge in [-0.15, -0.1) is 0 Å². The van der Waals surface area contributed by atoms with Crippen LogP contribution in [0.1, 0.15) is 38.3 Å². The highest BCUT2D eigenvalue weighted by Crippen LogP contribution is 2.41. The van der Waals surface area contributed by atoms with Crippen LogP contribution in [0.3, 0.4) is 0 Å². The maximum atomic E-state index is 13.3. The van der Waals surface area contributed by atoms with E-state index < -0.39 is 17.5 Å². The molecule has 1 aliphatic carbocycles. The van der Waals surface area contributed by atoms with Crippen LogP contribution >= 0.6 is 0 Å². The quantitative estimate of drug-likeness (QED) is 0.623. The predicted molar refractivity (Wildman–Crippen MR) is 120 cm³/mol. The minimum Gasteiger partial charge on any atom is -0.319 e. The lowest BCUT2D eigenvalue weighted by Crippen LogP contribution is -2.43. The molecule has 32 heavy (non-hydrogen) atoms. The number of aromatic nitrogens is 2. The second-order valence-corrected chi connectivity index (χ2v) is 9.36. The van der Waals surface area contributed by atoms with Crippen LogP contribution in [-0.4, -0.2) is 38.8 Å². The molecule has 1 atom stereocenters. The van der Waals surface area contributed by atoms with E-state index in [1.54, 1.807) is 0 Å². The van der Waals surface area contributed by atoms with Crippen LogP contribution in [0.15, 0.2) is 48.5 Å². The first-order chi connectivity index (χ1) is 15.2. The highest BCUT2D eigenvalue weighted by Gasteiger charge is 2.55. The molecular formula is C24H25N5O3. The number of imidazole rings is 1. The van der Waals surface area contributed by atoms with Crippen molar-refractivity contribution >= 4 is 34.8 Å². The molecule has 3 aromatic rings. The van der Waals surface area contributed by atoms with Crippen molar-refractivity contribution in [1.29, 1.82) is 0 Å². The number of rotatable bonds is 3. The van der Waals surface area contributed by atoms with E-state index in [-0.39, 0.29) is 18.0 Å². The van der Waals surface area contributed by atoms with Crippen molar-refractivity contribution in [1.82, 2.24) is 19.8 Å². The first-order valence-electron chi connectivity index (χ1n) is 10.7. The molecule has 8 nitrogen and oxygen atoms in total. The number of para-hydroxylation sites is 2. The first-order valence-corrected chi connectivity index (χ1v) is 10.7. The Morgan fingerprint density at radius 2 is 1.84 bits per heavy atom. The number of anilines is 1. The normalized spacial score (nSPS) is 20.2. The zero-order valence-corrected chi connectivity index (χ0v) is 18.3. The summed E-state index contributed by atoms with van der Waals surface area (Å²) in [6.07, 6.45) is 1.20. The van der Waals surface area contributed by atoms with E-state index in [0.29, 0.717) is 18.8 Å². The van der Waals surface area contributed by atoms with Crippen molar-refractivity contribution in [2.75, 3.05) is 11.9 Å². The Kier molecular flexibility index (Phi) is 4.37. The van der Waals surface area contributed by atoms with E-state index in [1.165, 1.54) is 0 Å². The number of hydrogen-bond acceptors (Lipinski definition) is 4. The van der Waals surface area contributed by atoms with Crippen LogP contribution in [0.4, 0.5) is 10.7 Å². The summed E-state index contributed by atoms with van der Waals surface area (Å²) < 4.78 is 1.95. The van der Waals surface area contributed by atoms with Gasteiger partial charge in [-0.1, -0.05) is 36.4 Å². The molecule has 0 bridgehead atoms. The van der Waals surface area contributed by atoms with E-state index in [0.717, 1.165) is 27.1 Å². The van der Waals surface area contributed by atoms with E-state index >= 15 is 0 Å². The first kappa shape index (κ1) is 20.2. The molecule has 4 amide bonds. The van der Waals surface area contributed by atoms with Crippen LogP contribution in [0, 0.1) is 0 Å². The SMILES string of the molecule is CC(C)(C)n1c(NC(=O)CN2C(=O)NC3(CCc4ccccc43)C2=O)nc2ccccc21. The average molecular weight is 431 g/mol. The molecule has 2 aromatic carbocycles. The zero-order chi connectivity index (χ0) is 22.7. The number of urea groups is 1. The molecule has 1 aliphatic heterocycles. The number of aryl methyl sites for hydroxylation is 1. The van der Waals surface area contributed by atoms with Crippen LogP contribution < -0.4 is 10.6 Å². The number of nitrogens with one attached hydrogen (secondary N) is 2. The van der Waals surface area contributed by atoms with Gasteiger partial charge in [-0.3, -0.25) is 19.8 Å². The van der Waals surface area contributed by atoms with Gasteiger partial charge >= 0.3 is 6.03 Å². The third kappa shape index (κ3) is 2.97. The van der Waals surface area contributed by atoms with E-state index in [4.69, 9.17) is 0 Å². The largest absolute Gasteiger partial charge is 0.325 e. The Morgan fingerprint density at radius 3 is 2.62 bits per heavy atom. The van der Waals surface area contributed by atoms with Crippen molar-refractivity contribution in [3.05, 3.63) is 59.7 Å². The van der Waals surface area contributed by atoms with Crippen molar-refractivity contribution in [3.8, 4) is 0 Å². The van der Waals surface area contributed by atoms with Crippen molar-refractivity contribution in [3.63, 3.8) is 0 Å². The van der Waals surface area contributed by atoms with Crippen LogP contribution in [0.2, 0.25) is 0 Å². The molecule has 5 rings (SSSR count). The number of amides is 4. The molecule has 1 fully saturated rings. The topological polar surface area (TPSA) is 96.3 Å². The second kappa shape index (κ2) is 6.91. The fraction of sp³-hybridized carbons (Fsp3) is 0.333. The summed E-state index contributed by atoms with van der Waals surface area (Å²) in [7, 11) is 0. The Labute approximate surface area is 185 Å². The minimum atomic E-state index is -1.08. The number of fused-ring (bicyclic) bond motifs is 3. The van der Waals surface area contributed by atoms with Gasteiger partial charge in [-0.05, 0) is 56.9 Å². The Bertz CT molecular complexity index is 1270. The van der Waals surface area contributed by atoms with Gasteiger partial charge in [0.05, 0.1) is 11.0 Å². The summed E-state index contributed by atoms with van der Waals surface area (Å²) in [4.78, 5) is 44.5. The molecule has 0 saturated carbocycles. The third-order valence-electron chi connectivity index (χ3n) is 6.21. The van der Waals surface area contributed by atoms with E-state index in [9.17, 15) is 14.4 Å². The number of imide groups is 1. The molecule has 2 heterocycles. The van der Waals surface area contributed by atoms with E-state index in [2.05, 4.69) is 15.6 Å². The van der Waals surface area contributed by atoms with Gasteiger partial charge in [0.15, 0.2) is 0 Å². The molecule has 1 saturated heterocycles. The molecule has 2 N–H and O–H groups in total. The highest BCUT2D eigenvalue weighted by molar-refractivity contribution is 6.10. The van der Waals surface area contributed by atoms with Crippen LogP contribution in [0.25, 0.3) is 11.0 Å². The Morgan fingerprint density at radius 1 is 1.12 bits per heavy atom. The van der Waals surface area contributed by atoms with Crippen LogP contribution in [-0.2, 0) is 27.1 Å². The summed E-state index contributed by atoms with van der Waals surface area (Å²) >= 11 is 0. The monoisotopic (exact) mass is 431 g/mol. The standard InChI is InChI=1S/C24H25N5O3/c1-23(2,3)29-18-11-7-6-10-17(18)25-21(29)26-19(30)14-28-20(31)24(27-22(28)32)13-12-15-8-4-5-9-16(15)24/h4-11H,12-14H2,1-3H3,(H,27,32)(H,25,26,30). The van der Waals surface area contributed by atoms with Gasteiger partial charge in [-0.2, -0.15) is 0 Å². The molecule has 2 aliphatic rings. The lowest BCUT2D eigenvalue weighted by Gasteiger charge is -2.25. The molecule has 1 unspecified atom stereocenters. The highest BCUT2D eigenvalue weighted by atomic mass is 16.2. The number of benzene rings is 2. The fourth-order valence-electron chi connectivity index (χ4n) is 4.83.